The van der Waals surface area contributed by atoms with Crippen LogP contribution < -0.4 is 10.6 Å². The lowest BCUT2D eigenvalue weighted by atomic mass is 10.1. The molecule has 2 aromatic carbocycles. The Hall–Kier alpha value is -2.87. The molecule has 0 aliphatic carbocycles. The van der Waals surface area contributed by atoms with E-state index in [1.807, 2.05) is 0 Å². The summed E-state index contributed by atoms with van der Waals surface area (Å²) in [5.74, 6) is -0.398. The first-order valence-electron chi connectivity index (χ1n) is 8.91. The molecule has 1 heterocycles. The Labute approximate surface area is 170 Å². The zero-order chi connectivity index (χ0) is 20.1. The number of benzene rings is 2. The zero-order valence-electron chi connectivity index (χ0n) is 15.1. The third-order valence-electron chi connectivity index (χ3n) is 4.41. The van der Waals surface area contributed by atoms with Crippen molar-refractivity contribution in [2.24, 2.45) is 0 Å². The number of hydrogen-bond acceptors (Lipinski definition) is 4. The molecule has 3 N–H and O–H groups in total. The van der Waals surface area contributed by atoms with Crippen LogP contribution in [0, 0.1) is 0 Å². The molecular formula is C20H20BrN3O4. The summed E-state index contributed by atoms with van der Waals surface area (Å²) in [6.45, 7) is 1.06. The Balaban J connectivity index is 1.36. The Kier molecular flexibility index (Phi) is 6.30. The number of urea groups is 1. The summed E-state index contributed by atoms with van der Waals surface area (Å²) in [4.78, 5) is 37.7. The van der Waals surface area contributed by atoms with Crippen molar-refractivity contribution < 1.29 is 19.5 Å². The van der Waals surface area contributed by atoms with Gasteiger partial charge in [0.05, 0.1) is 11.1 Å². The van der Waals surface area contributed by atoms with Gasteiger partial charge in [-0.05, 0) is 48.7 Å². The van der Waals surface area contributed by atoms with E-state index in [4.69, 9.17) is 0 Å². The van der Waals surface area contributed by atoms with Crippen LogP contribution >= 0.6 is 15.9 Å². The fourth-order valence-corrected chi connectivity index (χ4v) is 3.31. The van der Waals surface area contributed by atoms with E-state index in [0.29, 0.717) is 37.1 Å². The molecule has 3 rings (SSSR count). The number of halogens is 1. The van der Waals surface area contributed by atoms with E-state index in [9.17, 15) is 19.5 Å². The lowest BCUT2D eigenvalue weighted by Gasteiger charge is -2.14. The SMILES string of the molecule is O=C(NCCCN1C(=O)c2ccc(Br)cc2C1=O)NCCc1ccc(O)cc1. The van der Waals surface area contributed by atoms with Crippen LogP contribution in [0.25, 0.3) is 0 Å². The standard InChI is InChI=1S/C20H20BrN3O4/c21-14-4-7-16-17(12-14)19(27)24(18(16)26)11-1-9-22-20(28)23-10-8-13-2-5-15(25)6-3-13/h2-7,12,25H,1,8-11H2,(H2,22,23,28). The van der Waals surface area contributed by atoms with Gasteiger partial charge in [-0.3, -0.25) is 14.5 Å². The number of amides is 4. The summed E-state index contributed by atoms with van der Waals surface area (Å²) in [6.07, 6.45) is 1.12. The minimum Gasteiger partial charge on any atom is -0.508 e. The van der Waals surface area contributed by atoms with Gasteiger partial charge in [-0.15, -0.1) is 0 Å². The number of phenols is 1. The highest BCUT2D eigenvalue weighted by Crippen LogP contribution is 2.25. The second kappa shape index (κ2) is 8.88. The lowest BCUT2D eigenvalue weighted by Crippen LogP contribution is -2.38. The largest absolute Gasteiger partial charge is 0.508 e. The fraction of sp³-hybridized carbons (Fsp3) is 0.250. The second-order valence-corrected chi connectivity index (χ2v) is 7.32. The molecule has 0 saturated carbocycles. The minimum absolute atomic E-state index is 0.208. The molecular weight excluding hydrogens is 426 g/mol. The monoisotopic (exact) mass is 445 g/mol. The molecule has 28 heavy (non-hydrogen) atoms. The number of phenolic OH excluding ortho intramolecular Hbond substituents is 1. The maximum Gasteiger partial charge on any atom is 0.314 e. The molecule has 0 radical (unpaired) electrons. The quantitative estimate of drug-likeness (QED) is 0.450. The van der Waals surface area contributed by atoms with Crippen LogP contribution in [-0.4, -0.2) is 47.5 Å². The van der Waals surface area contributed by atoms with E-state index in [2.05, 4.69) is 26.6 Å². The van der Waals surface area contributed by atoms with Gasteiger partial charge in [0.1, 0.15) is 5.75 Å². The van der Waals surface area contributed by atoms with Gasteiger partial charge in [-0.25, -0.2) is 4.79 Å². The second-order valence-electron chi connectivity index (χ2n) is 6.40. The Morgan fingerprint density at radius 1 is 0.964 bits per heavy atom. The number of carbonyl (C=O) groups excluding carboxylic acids is 3. The summed E-state index contributed by atoms with van der Waals surface area (Å²) in [6, 6.07) is 11.5. The number of nitrogens with zero attached hydrogens (tertiary/aromatic N) is 1. The van der Waals surface area contributed by atoms with Gasteiger partial charge in [0.2, 0.25) is 0 Å². The summed E-state index contributed by atoms with van der Waals surface area (Å²) in [7, 11) is 0. The van der Waals surface area contributed by atoms with E-state index in [1.54, 1.807) is 42.5 Å². The third-order valence-corrected chi connectivity index (χ3v) is 4.91. The number of fused-ring (bicyclic) bond motifs is 1. The van der Waals surface area contributed by atoms with E-state index in [-0.39, 0.29) is 30.1 Å². The predicted molar refractivity (Wildman–Crippen MR) is 107 cm³/mol. The molecule has 0 saturated heterocycles. The van der Waals surface area contributed by atoms with Crippen molar-refractivity contribution >= 4 is 33.8 Å². The molecule has 0 atom stereocenters. The number of nitrogens with one attached hydrogen (secondary N) is 2. The topological polar surface area (TPSA) is 98.7 Å². The first kappa shape index (κ1) is 19.9. The number of rotatable bonds is 7. The first-order valence-corrected chi connectivity index (χ1v) is 9.70. The van der Waals surface area contributed by atoms with Crippen molar-refractivity contribution in [3.05, 3.63) is 63.6 Å². The van der Waals surface area contributed by atoms with Gasteiger partial charge < -0.3 is 15.7 Å². The minimum atomic E-state index is -0.306. The molecule has 0 aromatic heterocycles. The molecule has 0 spiro atoms. The van der Waals surface area contributed by atoms with Gasteiger partial charge >= 0.3 is 6.03 Å². The molecule has 8 heteroatoms. The molecule has 1 aliphatic heterocycles. The van der Waals surface area contributed by atoms with Crippen molar-refractivity contribution in [3.8, 4) is 5.75 Å². The molecule has 4 amide bonds. The summed E-state index contributed by atoms with van der Waals surface area (Å²) < 4.78 is 0.750. The van der Waals surface area contributed by atoms with Crippen molar-refractivity contribution in [3.63, 3.8) is 0 Å². The van der Waals surface area contributed by atoms with Gasteiger partial charge in [0, 0.05) is 24.1 Å². The smallest absolute Gasteiger partial charge is 0.314 e. The number of aromatic hydroxyl groups is 1. The van der Waals surface area contributed by atoms with Gasteiger partial charge in [0.15, 0.2) is 0 Å². The van der Waals surface area contributed by atoms with Gasteiger partial charge in [-0.1, -0.05) is 28.1 Å². The third kappa shape index (κ3) is 4.69. The molecule has 146 valence electrons. The van der Waals surface area contributed by atoms with Crippen LogP contribution in [0.15, 0.2) is 46.9 Å². The maximum atomic E-state index is 12.4. The van der Waals surface area contributed by atoms with Crippen LogP contribution in [-0.2, 0) is 6.42 Å². The fourth-order valence-electron chi connectivity index (χ4n) is 2.95. The average molecular weight is 446 g/mol. The average Bonchev–Trinajstić information content (AvgIpc) is 2.90. The van der Waals surface area contributed by atoms with Gasteiger partial charge in [-0.2, -0.15) is 0 Å². The van der Waals surface area contributed by atoms with Crippen molar-refractivity contribution in [1.29, 1.82) is 0 Å². The highest BCUT2D eigenvalue weighted by Gasteiger charge is 2.34. The summed E-state index contributed by atoms with van der Waals surface area (Å²) in [5, 5.41) is 14.7. The zero-order valence-corrected chi connectivity index (χ0v) is 16.7. The first-order chi connectivity index (χ1) is 13.5. The van der Waals surface area contributed by atoms with E-state index < -0.39 is 0 Å². The Bertz CT molecular complexity index is 899. The Morgan fingerprint density at radius 2 is 1.64 bits per heavy atom. The van der Waals surface area contributed by atoms with Crippen LogP contribution in [0.2, 0.25) is 0 Å². The summed E-state index contributed by atoms with van der Waals surface area (Å²) >= 11 is 3.30. The normalized spacial score (nSPS) is 12.8. The predicted octanol–water partition coefficient (Wildman–Crippen LogP) is 2.68. The number of carbonyl (C=O) groups is 3. The highest BCUT2D eigenvalue weighted by molar-refractivity contribution is 9.10. The molecule has 2 aromatic rings. The van der Waals surface area contributed by atoms with Crippen LogP contribution in [0.3, 0.4) is 0 Å². The molecule has 1 aliphatic rings. The molecule has 0 bridgehead atoms. The number of hydrogen-bond donors (Lipinski definition) is 3. The van der Waals surface area contributed by atoms with E-state index >= 15 is 0 Å². The van der Waals surface area contributed by atoms with Crippen LogP contribution in [0.1, 0.15) is 32.7 Å². The molecule has 0 fully saturated rings. The maximum absolute atomic E-state index is 12.4. The van der Waals surface area contributed by atoms with E-state index in [1.165, 1.54) is 4.90 Å². The highest BCUT2D eigenvalue weighted by atomic mass is 79.9. The molecule has 0 unspecified atom stereocenters. The van der Waals surface area contributed by atoms with E-state index in [0.717, 1.165) is 10.0 Å². The van der Waals surface area contributed by atoms with Gasteiger partial charge in [0.25, 0.3) is 11.8 Å². The Morgan fingerprint density at radius 3 is 2.39 bits per heavy atom. The number of imide groups is 1. The van der Waals surface area contributed by atoms with Crippen molar-refractivity contribution in [2.45, 2.75) is 12.8 Å². The molecule has 7 nitrogen and oxygen atoms in total. The van der Waals surface area contributed by atoms with Crippen LogP contribution in [0.5, 0.6) is 5.75 Å². The van der Waals surface area contributed by atoms with Crippen molar-refractivity contribution in [1.82, 2.24) is 15.5 Å². The van der Waals surface area contributed by atoms with Crippen molar-refractivity contribution in [2.75, 3.05) is 19.6 Å². The lowest BCUT2D eigenvalue weighted by molar-refractivity contribution is 0.0653. The summed E-state index contributed by atoms with van der Waals surface area (Å²) in [5.41, 5.74) is 1.82. The van der Waals surface area contributed by atoms with Crippen LogP contribution in [0.4, 0.5) is 4.79 Å².